The molecule has 2 aromatic carbocycles. The van der Waals surface area contributed by atoms with E-state index < -0.39 is 0 Å². The zero-order valence-corrected chi connectivity index (χ0v) is 17.4. The summed E-state index contributed by atoms with van der Waals surface area (Å²) in [5.74, 6) is 0.491. The molecule has 0 fully saturated rings. The standard InChI is InChI=1S/C11H11.C5H5.C3H7.2ClH.Zr/c1-8-3-5-10-6-4-9(2)11(10)7-8;1-2-4-5-3-1;1-3-2;;;/h3,5-7,9H,1-2H3;1-5H;1,3H2,2H3;2*1H;/q3*-1;;;+2/p-2. The molecule has 22 heavy (non-hydrogen) atoms. The summed E-state index contributed by atoms with van der Waals surface area (Å²) in [7, 11) is 0. The Hall–Kier alpha value is -0.227. The van der Waals surface area contributed by atoms with E-state index in [0.29, 0.717) is 5.92 Å². The van der Waals surface area contributed by atoms with E-state index in [-0.39, 0.29) is 51.0 Å². The number of hydrogen-bond acceptors (Lipinski definition) is 0. The first-order valence-corrected chi connectivity index (χ1v) is 6.84. The van der Waals surface area contributed by atoms with Crippen LogP contribution in [0.1, 0.15) is 42.9 Å². The van der Waals surface area contributed by atoms with Crippen molar-refractivity contribution in [2.75, 3.05) is 0 Å². The first-order valence-electron chi connectivity index (χ1n) is 6.84. The molecule has 0 bridgehead atoms. The smallest absolute Gasteiger partial charge is 1.00 e. The minimum atomic E-state index is 0. The molecule has 0 saturated carbocycles. The number of halogens is 2. The molecule has 0 N–H and O–H groups in total. The molecule has 0 aliphatic heterocycles. The van der Waals surface area contributed by atoms with E-state index in [4.69, 9.17) is 0 Å². The minimum Gasteiger partial charge on any atom is -1.00 e. The second kappa shape index (κ2) is 15.7. The Morgan fingerprint density at radius 2 is 1.73 bits per heavy atom. The van der Waals surface area contributed by atoms with Crippen molar-refractivity contribution in [3.63, 3.8) is 0 Å². The van der Waals surface area contributed by atoms with Gasteiger partial charge >= 0.3 is 26.2 Å². The van der Waals surface area contributed by atoms with E-state index in [9.17, 15) is 0 Å². The van der Waals surface area contributed by atoms with E-state index in [1.165, 1.54) is 16.7 Å². The van der Waals surface area contributed by atoms with E-state index in [1.807, 2.05) is 37.3 Å². The van der Waals surface area contributed by atoms with Gasteiger partial charge in [0, 0.05) is 0 Å². The minimum absolute atomic E-state index is 0. The molecule has 1 aliphatic rings. The number of hydrogen-bond donors (Lipinski definition) is 0. The van der Waals surface area contributed by atoms with Crippen molar-refractivity contribution >= 4 is 6.08 Å². The Kier molecular flexibility index (Phi) is 19.0. The van der Waals surface area contributed by atoms with Gasteiger partial charge < -0.3 is 31.7 Å². The molecular formula is C19H23Cl2Zr-3. The van der Waals surface area contributed by atoms with E-state index in [0.717, 1.165) is 6.42 Å². The summed E-state index contributed by atoms with van der Waals surface area (Å²) in [5.41, 5.74) is 4.10. The van der Waals surface area contributed by atoms with Gasteiger partial charge in [-0.05, 0) is 6.92 Å². The molecule has 3 heteroatoms. The average Bonchev–Trinajstić information content (AvgIpc) is 3.05. The Balaban J connectivity index is -0.000000283. The summed E-state index contributed by atoms with van der Waals surface area (Å²) in [6.45, 7) is 9.81. The van der Waals surface area contributed by atoms with Crippen molar-refractivity contribution < 1.29 is 51.0 Å². The van der Waals surface area contributed by atoms with Crippen molar-refractivity contribution in [3.05, 3.63) is 78.2 Å². The number of aryl methyl sites for hydroxylation is 1. The van der Waals surface area contributed by atoms with E-state index in [2.05, 4.69) is 51.1 Å². The van der Waals surface area contributed by atoms with Crippen LogP contribution in [0.5, 0.6) is 0 Å². The zero-order valence-electron chi connectivity index (χ0n) is 13.4. The molecule has 2 aromatic rings. The second-order valence-electron chi connectivity index (χ2n) is 4.63. The molecule has 0 heterocycles. The van der Waals surface area contributed by atoms with Crippen LogP contribution < -0.4 is 24.8 Å². The van der Waals surface area contributed by atoms with Gasteiger partial charge in [-0.3, -0.25) is 6.08 Å². The van der Waals surface area contributed by atoms with Crippen LogP contribution in [0, 0.1) is 19.9 Å². The molecule has 120 valence electrons. The molecule has 0 amide bonds. The van der Waals surface area contributed by atoms with Crippen molar-refractivity contribution in [1.82, 2.24) is 0 Å². The summed E-state index contributed by atoms with van der Waals surface area (Å²) in [4.78, 5) is 0. The van der Waals surface area contributed by atoms with Gasteiger partial charge in [0.2, 0.25) is 0 Å². The maximum atomic E-state index is 3.49. The summed E-state index contributed by atoms with van der Waals surface area (Å²) in [6, 6.07) is 16.6. The summed E-state index contributed by atoms with van der Waals surface area (Å²) in [5, 5.41) is 0. The van der Waals surface area contributed by atoms with Crippen LogP contribution in [0.3, 0.4) is 0 Å². The summed E-state index contributed by atoms with van der Waals surface area (Å²) < 4.78 is 0. The largest absolute Gasteiger partial charge is 2.00 e. The molecule has 0 saturated heterocycles. The molecule has 0 nitrogen and oxygen atoms in total. The Morgan fingerprint density at radius 3 is 2.18 bits per heavy atom. The maximum Gasteiger partial charge on any atom is 2.00 e. The van der Waals surface area contributed by atoms with Crippen molar-refractivity contribution in [3.8, 4) is 0 Å². The average molecular weight is 414 g/mol. The number of benzene rings is 1. The summed E-state index contributed by atoms with van der Waals surface area (Å²) in [6.07, 6.45) is 6.37. The number of fused-ring (bicyclic) bond motifs is 1. The van der Waals surface area contributed by atoms with Crippen molar-refractivity contribution in [1.29, 1.82) is 0 Å². The van der Waals surface area contributed by atoms with Gasteiger partial charge in [0.1, 0.15) is 0 Å². The molecule has 1 aliphatic carbocycles. The first kappa shape index (κ1) is 26.7. The Morgan fingerprint density at radius 1 is 1.18 bits per heavy atom. The molecule has 1 atom stereocenters. The van der Waals surface area contributed by atoms with Crippen LogP contribution in [-0.2, 0) is 26.2 Å². The topological polar surface area (TPSA) is 0 Å². The first-order chi connectivity index (χ1) is 9.19. The molecule has 0 aromatic heterocycles. The van der Waals surface area contributed by atoms with E-state index in [1.54, 1.807) is 0 Å². The third-order valence-corrected chi connectivity index (χ3v) is 2.75. The summed E-state index contributed by atoms with van der Waals surface area (Å²) >= 11 is 0. The van der Waals surface area contributed by atoms with Gasteiger partial charge in [0.05, 0.1) is 0 Å². The van der Waals surface area contributed by atoms with Gasteiger partial charge in [-0.15, -0.1) is 11.6 Å². The van der Waals surface area contributed by atoms with Gasteiger partial charge in [0.25, 0.3) is 0 Å². The zero-order chi connectivity index (χ0) is 14.1. The van der Waals surface area contributed by atoms with E-state index >= 15 is 0 Å². The monoisotopic (exact) mass is 411 g/mol. The Bertz CT molecular complexity index is 473. The number of allylic oxidation sites excluding steroid dienone is 1. The second-order valence-corrected chi connectivity index (χ2v) is 4.63. The fourth-order valence-electron chi connectivity index (χ4n) is 1.83. The van der Waals surface area contributed by atoms with Crippen molar-refractivity contribution in [2.45, 2.75) is 33.1 Å². The molecule has 1 unspecified atom stereocenters. The van der Waals surface area contributed by atoms with Crippen LogP contribution >= 0.6 is 0 Å². The van der Waals surface area contributed by atoms with Crippen LogP contribution in [0.4, 0.5) is 0 Å². The molecule has 0 radical (unpaired) electrons. The van der Waals surface area contributed by atoms with Gasteiger partial charge in [0.15, 0.2) is 0 Å². The molecular weight excluding hydrogens is 390 g/mol. The predicted molar refractivity (Wildman–Crippen MR) is 85.0 cm³/mol. The molecule has 0 spiro atoms. The predicted octanol–water partition coefficient (Wildman–Crippen LogP) is -0.430. The van der Waals surface area contributed by atoms with Crippen LogP contribution in [0.2, 0.25) is 0 Å². The SMILES string of the molecule is Cc1ccc2c(c1)C(C)[C-]=C2.[CH2-]CC.[Cl-].[Cl-].[Zr+2].c1cc[cH-]c1. The maximum absolute atomic E-state index is 3.49. The van der Waals surface area contributed by atoms with Crippen LogP contribution in [0.25, 0.3) is 6.08 Å². The van der Waals surface area contributed by atoms with Crippen LogP contribution in [-0.4, -0.2) is 0 Å². The third-order valence-electron chi connectivity index (χ3n) is 2.75. The Labute approximate surface area is 167 Å². The van der Waals surface area contributed by atoms with Crippen LogP contribution in [0.15, 0.2) is 48.5 Å². The quantitative estimate of drug-likeness (QED) is 0.515. The van der Waals surface area contributed by atoms with Gasteiger partial charge in [-0.25, -0.2) is 18.2 Å². The van der Waals surface area contributed by atoms with Gasteiger partial charge in [-0.1, -0.05) is 37.5 Å². The fraction of sp³-hybridized carbons (Fsp3) is 0.263. The fourth-order valence-corrected chi connectivity index (χ4v) is 1.83. The van der Waals surface area contributed by atoms with Gasteiger partial charge in [-0.2, -0.15) is 30.2 Å². The van der Waals surface area contributed by atoms with Crippen molar-refractivity contribution in [2.24, 2.45) is 0 Å². The molecule has 3 rings (SSSR count). The normalized spacial score (nSPS) is 12.8. The number of rotatable bonds is 0. The third kappa shape index (κ3) is 9.72.